The van der Waals surface area contributed by atoms with Crippen molar-refractivity contribution in [2.45, 2.75) is 52.0 Å². The molecule has 1 amide bonds. The number of likely N-dealkylation sites (tertiary alicyclic amines) is 1. The van der Waals surface area contributed by atoms with E-state index in [1.807, 2.05) is 0 Å². The Morgan fingerprint density at radius 3 is 2.74 bits per heavy atom. The summed E-state index contributed by atoms with van der Waals surface area (Å²) in [4.78, 5) is 36.4. The van der Waals surface area contributed by atoms with E-state index in [0.717, 1.165) is 12.8 Å². The third kappa shape index (κ3) is 5.26. The number of piperidine rings is 1. The van der Waals surface area contributed by atoms with Gasteiger partial charge in [-0.05, 0) is 51.2 Å². The van der Waals surface area contributed by atoms with Crippen LogP contribution >= 0.6 is 0 Å². The van der Waals surface area contributed by atoms with Crippen LogP contribution in [-0.2, 0) is 4.79 Å². The minimum Gasteiger partial charge on any atom is -0.493 e. The van der Waals surface area contributed by atoms with Crippen LogP contribution in [0, 0.1) is 17.0 Å². The summed E-state index contributed by atoms with van der Waals surface area (Å²) >= 11 is 0. The van der Waals surface area contributed by atoms with Crippen LogP contribution in [0.2, 0.25) is 0 Å². The molecule has 0 bridgehead atoms. The molecule has 8 heteroatoms. The number of nitrogens with zero attached hydrogens (tertiary/aromatic N) is 2. The quantitative estimate of drug-likeness (QED) is 0.423. The van der Waals surface area contributed by atoms with Crippen LogP contribution in [0.3, 0.4) is 0 Å². The first-order valence-electron chi connectivity index (χ1n) is 9.18. The first-order valence-corrected chi connectivity index (χ1v) is 9.18. The Morgan fingerprint density at radius 1 is 1.37 bits per heavy atom. The molecule has 1 aromatic rings. The molecule has 0 spiro atoms. The van der Waals surface area contributed by atoms with E-state index < -0.39 is 10.8 Å². The number of nitro groups is 1. The summed E-state index contributed by atoms with van der Waals surface area (Å²) in [5, 5.41) is 21.1. The van der Waals surface area contributed by atoms with Crippen molar-refractivity contribution >= 4 is 17.4 Å². The molecule has 0 radical (unpaired) electrons. The molecule has 1 aliphatic heterocycles. The number of nitro benzene ring substituents is 1. The summed E-state index contributed by atoms with van der Waals surface area (Å²) in [6, 6.07) is 2.44. The second kappa shape index (κ2) is 9.45. The third-order valence-corrected chi connectivity index (χ3v) is 4.75. The number of Topliss-reactive ketones (excluding diaryl/α,β-unsaturated/α-hetero) is 1. The number of aliphatic hydroxyl groups excluding tert-OH is 1. The zero-order valence-electron chi connectivity index (χ0n) is 15.8. The summed E-state index contributed by atoms with van der Waals surface area (Å²) in [5.74, 6) is -0.0481. The monoisotopic (exact) mass is 378 g/mol. The lowest BCUT2D eigenvalue weighted by Gasteiger charge is -2.34. The van der Waals surface area contributed by atoms with Gasteiger partial charge in [0.1, 0.15) is 17.1 Å². The third-order valence-electron chi connectivity index (χ3n) is 4.75. The molecule has 27 heavy (non-hydrogen) atoms. The van der Waals surface area contributed by atoms with Crippen LogP contribution < -0.4 is 4.74 Å². The van der Waals surface area contributed by atoms with Crippen LogP contribution in [0.1, 0.15) is 54.9 Å². The van der Waals surface area contributed by atoms with E-state index in [-0.39, 0.29) is 36.3 Å². The number of ether oxygens (including phenoxy) is 1. The minimum absolute atomic E-state index is 0.00827. The highest BCUT2D eigenvalue weighted by Crippen LogP contribution is 2.31. The van der Waals surface area contributed by atoms with Crippen molar-refractivity contribution in [1.29, 1.82) is 0 Å². The van der Waals surface area contributed by atoms with Crippen molar-refractivity contribution in [1.82, 2.24) is 4.90 Å². The van der Waals surface area contributed by atoms with Crippen LogP contribution in [0.5, 0.6) is 5.75 Å². The number of hydrogen-bond acceptors (Lipinski definition) is 6. The average Bonchev–Trinajstić information content (AvgIpc) is 2.64. The van der Waals surface area contributed by atoms with E-state index in [4.69, 9.17) is 4.74 Å². The van der Waals surface area contributed by atoms with Gasteiger partial charge in [0.25, 0.3) is 11.6 Å². The molecule has 1 heterocycles. The smallest absolute Gasteiger partial charge is 0.285 e. The largest absolute Gasteiger partial charge is 0.493 e. The molecule has 148 valence electrons. The Bertz CT molecular complexity index is 718. The molecular formula is C19H26N2O6. The van der Waals surface area contributed by atoms with Gasteiger partial charge in [0.2, 0.25) is 0 Å². The molecule has 1 aliphatic rings. The van der Waals surface area contributed by atoms with Gasteiger partial charge in [0.15, 0.2) is 0 Å². The maximum absolute atomic E-state index is 12.9. The first kappa shape index (κ1) is 20.8. The Labute approximate surface area is 158 Å². The standard InChI is InChI=1S/C19H26N2O6/c1-13-10-16(19(24)20-8-4-3-7-15(20)12-22)17(21(25)26)11-18(13)27-9-5-6-14(2)23/h10-11,15,22H,3-9,12H2,1-2H3/t15-/m0/s1. The van der Waals surface area contributed by atoms with E-state index in [0.29, 0.717) is 37.1 Å². The highest BCUT2D eigenvalue weighted by atomic mass is 16.6. The van der Waals surface area contributed by atoms with Gasteiger partial charge < -0.3 is 19.5 Å². The van der Waals surface area contributed by atoms with E-state index >= 15 is 0 Å². The van der Waals surface area contributed by atoms with Crippen molar-refractivity contribution in [3.05, 3.63) is 33.4 Å². The topological polar surface area (TPSA) is 110 Å². The second-order valence-corrected chi connectivity index (χ2v) is 6.88. The van der Waals surface area contributed by atoms with E-state index in [9.17, 15) is 24.8 Å². The lowest BCUT2D eigenvalue weighted by Crippen LogP contribution is -2.45. The highest BCUT2D eigenvalue weighted by Gasteiger charge is 2.32. The maximum atomic E-state index is 12.9. The van der Waals surface area contributed by atoms with Gasteiger partial charge in [-0.15, -0.1) is 0 Å². The summed E-state index contributed by atoms with van der Waals surface area (Å²) in [6.45, 7) is 3.81. The number of amides is 1. The predicted molar refractivity (Wildman–Crippen MR) is 99.0 cm³/mol. The number of aliphatic hydroxyl groups is 1. The van der Waals surface area contributed by atoms with Crippen LogP contribution in [-0.4, -0.2) is 52.4 Å². The fourth-order valence-corrected chi connectivity index (χ4v) is 3.27. The Kier molecular flexibility index (Phi) is 7.29. The van der Waals surface area contributed by atoms with E-state index in [2.05, 4.69) is 0 Å². The average molecular weight is 378 g/mol. The van der Waals surface area contributed by atoms with Crippen molar-refractivity contribution in [3.63, 3.8) is 0 Å². The molecule has 1 fully saturated rings. The van der Waals surface area contributed by atoms with Crippen LogP contribution in [0.4, 0.5) is 5.69 Å². The van der Waals surface area contributed by atoms with Crippen molar-refractivity contribution in [2.24, 2.45) is 0 Å². The number of hydrogen-bond donors (Lipinski definition) is 1. The fourth-order valence-electron chi connectivity index (χ4n) is 3.27. The number of benzene rings is 1. The maximum Gasteiger partial charge on any atom is 0.285 e. The first-order chi connectivity index (χ1) is 12.8. The van der Waals surface area contributed by atoms with Crippen molar-refractivity contribution in [3.8, 4) is 5.75 Å². The number of carbonyl (C=O) groups excluding carboxylic acids is 2. The number of rotatable bonds is 8. The lowest BCUT2D eigenvalue weighted by atomic mass is 10.00. The molecule has 8 nitrogen and oxygen atoms in total. The van der Waals surface area contributed by atoms with Crippen LogP contribution in [0.15, 0.2) is 12.1 Å². The second-order valence-electron chi connectivity index (χ2n) is 6.88. The molecule has 1 saturated heterocycles. The Balaban J connectivity index is 2.25. The molecule has 2 rings (SSSR count). The molecule has 0 saturated carbocycles. The van der Waals surface area contributed by atoms with Crippen LogP contribution in [0.25, 0.3) is 0 Å². The summed E-state index contributed by atoms with van der Waals surface area (Å²) in [7, 11) is 0. The lowest BCUT2D eigenvalue weighted by molar-refractivity contribution is -0.385. The van der Waals surface area contributed by atoms with Gasteiger partial charge in [-0.2, -0.15) is 0 Å². The Morgan fingerprint density at radius 2 is 2.11 bits per heavy atom. The van der Waals surface area contributed by atoms with Gasteiger partial charge in [-0.1, -0.05) is 0 Å². The fraction of sp³-hybridized carbons (Fsp3) is 0.579. The molecule has 1 N–H and O–H groups in total. The number of ketones is 1. The predicted octanol–water partition coefficient (Wildman–Crippen LogP) is 2.64. The number of carbonyl (C=O) groups is 2. The molecule has 0 aliphatic carbocycles. The molecule has 0 aromatic heterocycles. The number of aryl methyl sites for hydroxylation is 1. The van der Waals surface area contributed by atoms with Gasteiger partial charge in [0, 0.05) is 13.0 Å². The SMILES string of the molecule is CC(=O)CCCOc1cc([N+](=O)[O-])c(C(=O)N2CCCC[C@H]2CO)cc1C. The van der Waals surface area contributed by atoms with E-state index in [1.165, 1.54) is 24.0 Å². The van der Waals surface area contributed by atoms with E-state index in [1.54, 1.807) is 6.92 Å². The Hall–Kier alpha value is -2.48. The van der Waals surface area contributed by atoms with Gasteiger partial charge in [-0.25, -0.2) is 0 Å². The summed E-state index contributed by atoms with van der Waals surface area (Å²) in [5.41, 5.74) is 0.313. The highest BCUT2D eigenvalue weighted by molar-refractivity contribution is 5.99. The van der Waals surface area contributed by atoms with Gasteiger partial charge >= 0.3 is 0 Å². The molecular weight excluding hydrogens is 352 g/mol. The zero-order chi connectivity index (χ0) is 20.0. The molecule has 1 atom stereocenters. The molecule has 0 unspecified atom stereocenters. The van der Waals surface area contributed by atoms with Gasteiger partial charge in [-0.3, -0.25) is 14.9 Å². The zero-order valence-corrected chi connectivity index (χ0v) is 15.8. The normalized spacial score (nSPS) is 16.9. The summed E-state index contributed by atoms with van der Waals surface area (Å²) < 4.78 is 5.58. The van der Waals surface area contributed by atoms with Crippen molar-refractivity contribution in [2.75, 3.05) is 19.8 Å². The minimum atomic E-state index is -0.590. The van der Waals surface area contributed by atoms with Gasteiger partial charge in [0.05, 0.1) is 30.2 Å². The summed E-state index contributed by atoms with van der Waals surface area (Å²) in [6.07, 6.45) is 3.33. The molecule has 1 aromatic carbocycles. The van der Waals surface area contributed by atoms with Crippen molar-refractivity contribution < 1.29 is 24.4 Å².